The van der Waals surface area contributed by atoms with E-state index in [1.165, 1.54) is 12.1 Å². The highest BCUT2D eigenvalue weighted by Crippen LogP contribution is 2.30. The second-order valence-corrected chi connectivity index (χ2v) is 10.3. The fraction of sp³-hybridized carbons (Fsp3) is 0.414. The van der Waals surface area contributed by atoms with Crippen molar-refractivity contribution in [3.05, 3.63) is 65.6 Å². The molecule has 1 aromatic heterocycles. The number of amides is 1. The van der Waals surface area contributed by atoms with Gasteiger partial charge in [0.05, 0.1) is 42.7 Å². The van der Waals surface area contributed by atoms with E-state index in [9.17, 15) is 4.79 Å². The summed E-state index contributed by atoms with van der Waals surface area (Å²) in [6.45, 7) is 3.93. The third-order valence-corrected chi connectivity index (χ3v) is 7.51. The quantitative estimate of drug-likeness (QED) is 0.286. The van der Waals surface area contributed by atoms with Crippen LogP contribution >= 0.6 is 0 Å². The largest absolute Gasteiger partial charge is 0.396 e. The van der Waals surface area contributed by atoms with Crippen molar-refractivity contribution in [2.75, 3.05) is 52.7 Å². The highest BCUT2D eigenvalue weighted by atomic mass is 19.1. The first-order chi connectivity index (χ1) is 19.9. The number of benzene rings is 2. The smallest absolute Gasteiger partial charge is 0.235 e. The van der Waals surface area contributed by atoms with Crippen molar-refractivity contribution in [3.63, 3.8) is 0 Å². The number of fused-ring (bicyclic) bond motifs is 1. The van der Waals surface area contributed by atoms with E-state index < -0.39 is 11.6 Å². The molecule has 5 N–H and O–H groups in total. The Morgan fingerprint density at radius 2 is 1.85 bits per heavy atom. The van der Waals surface area contributed by atoms with Gasteiger partial charge < -0.3 is 26.2 Å². The van der Waals surface area contributed by atoms with Crippen molar-refractivity contribution >= 4 is 22.6 Å². The van der Waals surface area contributed by atoms with Crippen LogP contribution in [0.3, 0.4) is 0 Å². The highest BCUT2D eigenvalue weighted by molar-refractivity contribution is 5.92. The zero-order valence-corrected chi connectivity index (χ0v) is 22.8. The molecule has 0 radical (unpaired) electrons. The molecule has 3 aromatic rings. The lowest BCUT2D eigenvalue weighted by molar-refractivity contribution is -0.123. The Labute approximate surface area is 237 Å². The molecular formula is C29H35F2N7O3. The van der Waals surface area contributed by atoms with Gasteiger partial charge >= 0.3 is 0 Å². The molecule has 3 heterocycles. The van der Waals surface area contributed by atoms with Gasteiger partial charge in [0.1, 0.15) is 24.1 Å². The van der Waals surface area contributed by atoms with Gasteiger partial charge in [0.25, 0.3) is 0 Å². The Morgan fingerprint density at radius 1 is 1.12 bits per heavy atom. The number of aliphatic hydroxyl groups excluding tert-OH is 1. The number of rotatable bonds is 9. The van der Waals surface area contributed by atoms with Gasteiger partial charge in [-0.15, -0.1) is 0 Å². The molecule has 2 fully saturated rings. The van der Waals surface area contributed by atoms with Gasteiger partial charge in [0.15, 0.2) is 0 Å². The highest BCUT2D eigenvalue weighted by Gasteiger charge is 2.21. The molecule has 2 saturated heterocycles. The normalized spacial score (nSPS) is 17.6. The minimum atomic E-state index is -0.601. The molecule has 218 valence electrons. The maximum absolute atomic E-state index is 15.2. The maximum atomic E-state index is 15.2. The molecular weight excluding hydrogens is 532 g/mol. The van der Waals surface area contributed by atoms with Crippen LogP contribution in [-0.4, -0.2) is 89.5 Å². The molecule has 0 atom stereocenters. The Hall–Kier alpha value is -3.71. The minimum absolute atomic E-state index is 0.0418. The second-order valence-electron chi connectivity index (χ2n) is 10.3. The number of carbonyl (C=O) groups excluding carboxylic acids is 1. The predicted molar refractivity (Wildman–Crippen MR) is 151 cm³/mol. The molecule has 2 aliphatic heterocycles. The van der Waals surface area contributed by atoms with Crippen LogP contribution in [0.5, 0.6) is 0 Å². The number of nitrogens with two attached hydrogens (primary N) is 1. The van der Waals surface area contributed by atoms with Gasteiger partial charge in [0.2, 0.25) is 5.91 Å². The van der Waals surface area contributed by atoms with E-state index in [0.717, 1.165) is 25.9 Å². The Balaban J connectivity index is 1.30. The SMILES string of the molecule is N/C(=C\NC1CCN(CC(=O)NCO)CC1)c1cnc2cccc(-c3cc(F)c(CN4CCOCC4)c(F)c3)c2n1. The van der Waals surface area contributed by atoms with Crippen molar-refractivity contribution in [3.8, 4) is 11.1 Å². The maximum Gasteiger partial charge on any atom is 0.235 e. The summed E-state index contributed by atoms with van der Waals surface area (Å²) in [6.07, 6.45) is 4.93. The Bertz CT molecular complexity index is 1380. The molecule has 10 nitrogen and oxygen atoms in total. The van der Waals surface area contributed by atoms with E-state index in [1.807, 2.05) is 9.80 Å². The van der Waals surface area contributed by atoms with Crippen molar-refractivity contribution < 1.29 is 23.4 Å². The van der Waals surface area contributed by atoms with E-state index in [2.05, 4.69) is 15.6 Å². The summed E-state index contributed by atoms with van der Waals surface area (Å²) < 4.78 is 35.6. The summed E-state index contributed by atoms with van der Waals surface area (Å²) in [5.74, 6) is -1.40. The second kappa shape index (κ2) is 13.3. The number of likely N-dealkylation sites (tertiary alicyclic amines) is 1. The van der Waals surface area contributed by atoms with E-state index in [0.29, 0.717) is 59.9 Å². The number of ether oxygens (including phenoxy) is 1. The summed E-state index contributed by atoms with van der Waals surface area (Å²) in [7, 11) is 0. The number of carbonyl (C=O) groups is 1. The van der Waals surface area contributed by atoms with Crippen molar-refractivity contribution in [1.29, 1.82) is 0 Å². The third kappa shape index (κ3) is 7.14. The summed E-state index contributed by atoms with van der Waals surface area (Å²) in [6, 6.07) is 8.22. The van der Waals surface area contributed by atoms with Gasteiger partial charge in [-0.25, -0.2) is 13.8 Å². The van der Waals surface area contributed by atoms with Crippen LogP contribution in [0.25, 0.3) is 27.9 Å². The molecule has 0 unspecified atom stereocenters. The summed E-state index contributed by atoms with van der Waals surface area (Å²) in [5.41, 5.74) is 9.24. The first-order valence-corrected chi connectivity index (χ1v) is 13.8. The summed E-state index contributed by atoms with van der Waals surface area (Å²) >= 11 is 0. The average molecular weight is 568 g/mol. The van der Waals surface area contributed by atoms with Crippen molar-refractivity contribution in [1.82, 2.24) is 30.4 Å². The summed E-state index contributed by atoms with van der Waals surface area (Å²) in [5, 5.41) is 14.5. The number of piperidine rings is 1. The molecule has 5 rings (SSSR count). The first-order valence-electron chi connectivity index (χ1n) is 13.8. The molecule has 2 aromatic carbocycles. The first kappa shape index (κ1) is 28.8. The topological polar surface area (TPSA) is 129 Å². The van der Waals surface area contributed by atoms with Gasteiger partial charge in [-0.1, -0.05) is 12.1 Å². The number of morpholine rings is 1. The van der Waals surface area contributed by atoms with Gasteiger partial charge in [-0.05, 0) is 36.6 Å². The van der Waals surface area contributed by atoms with Crippen LogP contribution in [0, 0.1) is 11.6 Å². The Morgan fingerprint density at radius 3 is 2.56 bits per heavy atom. The van der Waals surface area contributed by atoms with E-state index in [-0.39, 0.29) is 37.3 Å². The fourth-order valence-corrected chi connectivity index (χ4v) is 5.18. The third-order valence-electron chi connectivity index (χ3n) is 7.51. The Kier molecular flexibility index (Phi) is 9.35. The van der Waals surface area contributed by atoms with Crippen LogP contribution in [-0.2, 0) is 16.1 Å². The minimum Gasteiger partial charge on any atom is -0.396 e. The lowest BCUT2D eigenvalue weighted by atomic mass is 10.0. The summed E-state index contributed by atoms with van der Waals surface area (Å²) in [4.78, 5) is 24.9. The zero-order valence-electron chi connectivity index (χ0n) is 22.8. The standard InChI is InChI=1S/C29H35F2N7O3/c30-23-12-19(13-24(31)22(23)16-38-8-10-41-11-9-38)21-2-1-3-26-29(21)36-27(15-34-26)25(32)14-33-20-4-6-37(7-5-20)17-28(40)35-18-39/h1-3,12-15,20,33,39H,4-11,16-18,32H2,(H,35,40)/b25-14-. The number of hydrogen-bond acceptors (Lipinski definition) is 9. The fourth-order valence-electron chi connectivity index (χ4n) is 5.18. The monoisotopic (exact) mass is 567 g/mol. The zero-order chi connectivity index (χ0) is 28.8. The van der Waals surface area contributed by atoms with Gasteiger partial charge in [0, 0.05) is 56.1 Å². The van der Waals surface area contributed by atoms with Crippen molar-refractivity contribution in [2.45, 2.75) is 25.4 Å². The number of para-hydroxylation sites is 1. The van der Waals surface area contributed by atoms with Crippen LogP contribution in [0.15, 0.2) is 42.7 Å². The van der Waals surface area contributed by atoms with Crippen molar-refractivity contribution in [2.24, 2.45) is 5.73 Å². The molecule has 0 saturated carbocycles. The van der Waals surface area contributed by atoms with Gasteiger partial charge in [-0.2, -0.15) is 0 Å². The number of aromatic nitrogens is 2. The van der Waals surface area contributed by atoms with E-state index >= 15 is 8.78 Å². The number of aliphatic hydroxyl groups is 1. The van der Waals surface area contributed by atoms with Crippen LogP contribution < -0.4 is 16.4 Å². The van der Waals surface area contributed by atoms with E-state index in [1.54, 1.807) is 30.6 Å². The van der Waals surface area contributed by atoms with Crippen LogP contribution in [0.4, 0.5) is 8.78 Å². The van der Waals surface area contributed by atoms with Crippen LogP contribution in [0.1, 0.15) is 24.1 Å². The molecule has 0 aliphatic carbocycles. The number of hydrogen-bond donors (Lipinski definition) is 4. The molecule has 0 spiro atoms. The lowest BCUT2D eigenvalue weighted by Crippen LogP contribution is -2.45. The molecule has 12 heteroatoms. The van der Waals surface area contributed by atoms with E-state index in [4.69, 9.17) is 20.6 Å². The molecule has 2 aliphatic rings. The molecule has 0 bridgehead atoms. The number of nitrogens with one attached hydrogen (secondary N) is 2. The number of nitrogens with zero attached hydrogens (tertiary/aromatic N) is 4. The molecule has 1 amide bonds. The van der Waals surface area contributed by atoms with Gasteiger partial charge in [-0.3, -0.25) is 19.6 Å². The average Bonchev–Trinajstić information content (AvgIpc) is 2.98. The lowest BCUT2D eigenvalue weighted by Gasteiger charge is -2.31. The number of halogens is 2. The predicted octanol–water partition coefficient (Wildman–Crippen LogP) is 1.78. The van der Waals surface area contributed by atoms with Crippen LogP contribution in [0.2, 0.25) is 0 Å². The molecule has 41 heavy (non-hydrogen) atoms.